The number of para-hydroxylation sites is 2. The Morgan fingerprint density at radius 3 is 2.74 bits per heavy atom. The fourth-order valence-electron chi connectivity index (χ4n) is 2.36. The van der Waals surface area contributed by atoms with E-state index in [0.717, 1.165) is 12.1 Å². The van der Waals surface area contributed by atoms with E-state index in [2.05, 4.69) is 5.32 Å². The van der Waals surface area contributed by atoms with Gasteiger partial charge in [0.1, 0.15) is 24.0 Å². The standard InChI is InChI=1S/C17H24N2O4/c1-5-10-19-13-8-6-7-9-14(13)22-11-12(15(19)20)18-16(21)23-17(2,3)4/h6-9,12H,5,10-11H2,1-4H3,(H,18,21)/t12-/m0/s1. The molecule has 1 aromatic carbocycles. The van der Waals surface area contributed by atoms with Gasteiger partial charge < -0.3 is 19.7 Å². The Balaban J connectivity index is 2.18. The smallest absolute Gasteiger partial charge is 0.408 e. The molecule has 0 aliphatic carbocycles. The van der Waals surface area contributed by atoms with Gasteiger partial charge in [-0.2, -0.15) is 0 Å². The number of nitrogens with zero attached hydrogens (tertiary/aromatic N) is 1. The van der Waals surface area contributed by atoms with Crippen LogP contribution in [0.5, 0.6) is 5.75 Å². The van der Waals surface area contributed by atoms with Crippen molar-refractivity contribution >= 4 is 17.7 Å². The number of anilines is 1. The fraction of sp³-hybridized carbons (Fsp3) is 0.529. The number of ether oxygens (including phenoxy) is 2. The van der Waals surface area contributed by atoms with Crippen molar-refractivity contribution in [3.05, 3.63) is 24.3 Å². The molecule has 0 fully saturated rings. The largest absolute Gasteiger partial charge is 0.489 e. The molecule has 0 unspecified atom stereocenters. The van der Waals surface area contributed by atoms with Crippen LogP contribution >= 0.6 is 0 Å². The molecule has 6 nitrogen and oxygen atoms in total. The molecule has 0 aromatic heterocycles. The van der Waals surface area contributed by atoms with Gasteiger partial charge >= 0.3 is 6.09 Å². The molecule has 0 radical (unpaired) electrons. The molecule has 0 saturated carbocycles. The van der Waals surface area contributed by atoms with E-state index in [0.29, 0.717) is 12.3 Å². The summed E-state index contributed by atoms with van der Waals surface area (Å²) in [6.07, 6.45) is 0.182. The second-order valence-electron chi connectivity index (χ2n) is 6.47. The number of alkyl carbamates (subject to hydrolysis) is 1. The number of hydrogen-bond acceptors (Lipinski definition) is 4. The summed E-state index contributed by atoms with van der Waals surface area (Å²) in [7, 11) is 0. The predicted octanol–water partition coefficient (Wildman–Crippen LogP) is 2.72. The third-order valence-corrected chi connectivity index (χ3v) is 3.26. The van der Waals surface area contributed by atoms with E-state index in [9.17, 15) is 9.59 Å². The number of benzene rings is 1. The van der Waals surface area contributed by atoms with Crippen LogP contribution in [0.15, 0.2) is 24.3 Å². The van der Waals surface area contributed by atoms with Gasteiger partial charge in [0.15, 0.2) is 0 Å². The lowest BCUT2D eigenvalue weighted by Crippen LogP contribution is -2.51. The number of carbonyl (C=O) groups excluding carboxylic acids is 2. The van der Waals surface area contributed by atoms with E-state index in [4.69, 9.17) is 9.47 Å². The Kier molecular flexibility index (Phi) is 5.13. The normalized spacial score (nSPS) is 17.8. The van der Waals surface area contributed by atoms with E-state index >= 15 is 0 Å². The summed E-state index contributed by atoms with van der Waals surface area (Å²) < 4.78 is 10.9. The van der Waals surface area contributed by atoms with E-state index in [1.54, 1.807) is 25.7 Å². The van der Waals surface area contributed by atoms with Gasteiger partial charge in [0.05, 0.1) is 5.69 Å². The van der Waals surface area contributed by atoms with Gasteiger partial charge in [0.25, 0.3) is 5.91 Å². The van der Waals surface area contributed by atoms with Gasteiger partial charge in [0.2, 0.25) is 0 Å². The molecular formula is C17H24N2O4. The van der Waals surface area contributed by atoms with Crippen molar-refractivity contribution in [3.8, 4) is 5.75 Å². The molecule has 2 rings (SSSR count). The molecule has 1 aliphatic rings. The lowest BCUT2D eigenvalue weighted by atomic mass is 10.2. The van der Waals surface area contributed by atoms with Crippen molar-refractivity contribution in [2.24, 2.45) is 0 Å². The SMILES string of the molecule is CCCN1C(=O)[C@@H](NC(=O)OC(C)(C)C)COc2ccccc21. The molecule has 1 atom stereocenters. The Labute approximate surface area is 136 Å². The molecule has 1 N–H and O–H groups in total. The zero-order valence-electron chi connectivity index (χ0n) is 14.1. The van der Waals surface area contributed by atoms with Crippen molar-refractivity contribution < 1.29 is 19.1 Å². The first kappa shape index (κ1) is 17.1. The predicted molar refractivity (Wildman–Crippen MR) is 87.7 cm³/mol. The second-order valence-corrected chi connectivity index (χ2v) is 6.47. The van der Waals surface area contributed by atoms with Gasteiger partial charge in [-0.15, -0.1) is 0 Å². The van der Waals surface area contributed by atoms with Crippen molar-refractivity contribution in [1.29, 1.82) is 0 Å². The number of nitrogens with one attached hydrogen (secondary N) is 1. The Morgan fingerprint density at radius 2 is 2.09 bits per heavy atom. The topological polar surface area (TPSA) is 67.9 Å². The molecule has 0 bridgehead atoms. The number of fused-ring (bicyclic) bond motifs is 1. The van der Waals surface area contributed by atoms with E-state index in [-0.39, 0.29) is 12.5 Å². The highest BCUT2D eigenvalue weighted by Crippen LogP contribution is 2.31. The van der Waals surface area contributed by atoms with Crippen molar-refractivity contribution in [3.63, 3.8) is 0 Å². The average Bonchev–Trinajstić information content (AvgIpc) is 2.58. The number of amides is 2. The first-order valence-electron chi connectivity index (χ1n) is 7.84. The molecule has 2 amide bonds. The van der Waals surface area contributed by atoms with Crippen molar-refractivity contribution in [2.75, 3.05) is 18.1 Å². The van der Waals surface area contributed by atoms with Crippen LogP contribution < -0.4 is 15.0 Å². The highest BCUT2D eigenvalue weighted by Gasteiger charge is 2.33. The average molecular weight is 320 g/mol. The van der Waals surface area contributed by atoms with Gasteiger partial charge in [-0.05, 0) is 39.3 Å². The number of hydrogen-bond donors (Lipinski definition) is 1. The van der Waals surface area contributed by atoms with Crippen LogP contribution in [0, 0.1) is 0 Å². The van der Waals surface area contributed by atoms with Crippen LogP contribution in [0.4, 0.5) is 10.5 Å². The highest BCUT2D eigenvalue weighted by atomic mass is 16.6. The fourth-order valence-corrected chi connectivity index (χ4v) is 2.36. The summed E-state index contributed by atoms with van der Waals surface area (Å²) in [4.78, 5) is 26.4. The third-order valence-electron chi connectivity index (χ3n) is 3.26. The summed E-state index contributed by atoms with van der Waals surface area (Å²) in [5.74, 6) is 0.449. The minimum absolute atomic E-state index is 0.0787. The lowest BCUT2D eigenvalue weighted by molar-refractivity contribution is -0.121. The van der Waals surface area contributed by atoms with Crippen molar-refractivity contribution in [2.45, 2.75) is 45.8 Å². The van der Waals surface area contributed by atoms with Crippen LogP contribution in [0.1, 0.15) is 34.1 Å². The van der Waals surface area contributed by atoms with Crippen LogP contribution in [-0.4, -0.2) is 36.8 Å². The number of rotatable bonds is 3. The summed E-state index contributed by atoms with van der Waals surface area (Å²) in [6.45, 7) is 7.96. The monoisotopic (exact) mass is 320 g/mol. The maximum atomic E-state index is 12.8. The van der Waals surface area contributed by atoms with Crippen LogP contribution in [0.3, 0.4) is 0 Å². The van der Waals surface area contributed by atoms with Gasteiger partial charge in [0, 0.05) is 6.54 Å². The van der Waals surface area contributed by atoms with Gasteiger partial charge in [-0.25, -0.2) is 4.79 Å². The zero-order chi connectivity index (χ0) is 17.0. The number of carbonyl (C=O) groups is 2. The van der Waals surface area contributed by atoms with E-state index in [1.165, 1.54) is 0 Å². The van der Waals surface area contributed by atoms with Gasteiger partial charge in [-0.3, -0.25) is 4.79 Å². The molecule has 1 heterocycles. The molecule has 1 aliphatic heterocycles. The quantitative estimate of drug-likeness (QED) is 0.930. The Bertz CT molecular complexity index is 580. The second kappa shape index (κ2) is 6.89. The lowest BCUT2D eigenvalue weighted by Gasteiger charge is -2.25. The molecular weight excluding hydrogens is 296 g/mol. The summed E-state index contributed by atoms with van der Waals surface area (Å²) in [5.41, 5.74) is 0.109. The zero-order valence-corrected chi connectivity index (χ0v) is 14.1. The van der Waals surface area contributed by atoms with Crippen LogP contribution in [-0.2, 0) is 9.53 Å². The third kappa shape index (κ3) is 4.37. The summed E-state index contributed by atoms with van der Waals surface area (Å²) >= 11 is 0. The molecule has 0 saturated heterocycles. The molecule has 23 heavy (non-hydrogen) atoms. The van der Waals surface area contributed by atoms with Crippen LogP contribution in [0.2, 0.25) is 0 Å². The molecule has 1 aromatic rings. The molecule has 126 valence electrons. The molecule has 0 spiro atoms. The first-order chi connectivity index (χ1) is 10.8. The summed E-state index contributed by atoms with van der Waals surface area (Å²) in [5, 5.41) is 2.61. The molecule has 6 heteroatoms. The van der Waals surface area contributed by atoms with E-state index < -0.39 is 17.7 Å². The maximum absolute atomic E-state index is 12.8. The minimum atomic E-state index is -0.774. The Hall–Kier alpha value is -2.24. The minimum Gasteiger partial charge on any atom is -0.489 e. The maximum Gasteiger partial charge on any atom is 0.408 e. The summed E-state index contributed by atoms with van der Waals surface area (Å²) in [6, 6.07) is 6.61. The van der Waals surface area contributed by atoms with Gasteiger partial charge in [-0.1, -0.05) is 19.1 Å². The Morgan fingerprint density at radius 1 is 1.39 bits per heavy atom. The van der Waals surface area contributed by atoms with E-state index in [1.807, 2.05) is 31.2 Å². The highest BCUT2D eigenvalue weighted by molar-refractivity contribution is 6.00. The van der Waals surface area contributed by atoms with Crippen molar-refractivity contribution in [1.82, 2.24) is 5.32 Å². The van der Waals surface area contributed by atoms with Crippen LogP contribution in [0.25, 0.3) is 0 Å². The first-order valence-corrected chi connectivity index (χ1v) is 7.84.